The van der Waals surface area contributed by atoms with E-state index in [1.165, 1.54) is 17.7 Å². The summed E-state index contributed by atoms with van der Waals surface area (Å²) in [6, 6.07) is 12.9. The second kappa shape index (κ2) is 5.25. The smallest absolute Gasteiger partial charge is 0.158 e. The largest absolute Gasteiger partial charge is 0.504 e. The molecule has 1 aliphatic rings. The second-order valence-corrected chi connectivity index (χ2v) is 4.85. The van der Waals surface area contributed by atoms with Gasteiger partial charge >= 0.3 is 0 Å². The van der Waals surface area contributed by atoms with Crippen LogP contribution in [0.25, 0.3) is 0 Å². The Kier molecular flexibility index (Phi) is 3.29. The molecule has 0 aromatic heterocycles. The van der Waals surface area contributed by atoms with Gasteiger partial charge in [-0.25, -0.2) is 0 Å². The molecule has 0 saturated carbocycles. The molecular formula is C16H16N2O2. The van der Waals surface area contributed by atoms with Gasteiger partial charge in [0, 0.05) is 6.54 Å². The van der Waals surface area contributed by atoms with Gasteiger partial charge < -0.3 is 10.2 Å². The number of rotatable bonds is 2. The van der Waals surface area contributed by atoms with Gasteiger partial charge in [0.15, 0.2) is 11.5 Å². The number of phenolic OH excluding ortho intramolecular Hbond substituents is 2. The maximum atomic E-state index is 9.47. The number of hydrogen-bond donors (Lipinski definition) is 2. The van der Waals surface area contributed by atoms with Crippen LogP contribution in [0.1, 0.15) is 17.5 Å². The predicted octanol–water partition coefficient (Wildman–Crippen LogP) is 2.88. The molecule has 4 heteroatoms. The summed E-state index contributed by atoms with van der Waals surface area (Å²) in [5.74, 6) is -0.251. The van der Waals surface area contributed by atoms with Crippen molar-refractivity contribution in [3.05, 3.63) is 53.6 Å². The van der Waals surface area contributed by atoms with Crippen molar-refractivity contribution in [1.29, 1.82) is 0 Å². The summed E-state index contributed by atoms with van der Waals surface area (Å²) in [6.07, 6.45) is 3.86. The number of phenols is 2. The number of aryl methyl sites for hydroxylation is 1. The Hall–Kier alpha value is -2.49. The minimum absolute atomic E-state index is 0.120. The lowest BCUT2D eigenvalue weighted by Gasteiger charge is -2.26. The van der Waals surface area contributed by atoms with E-state index in [1.807, 2.05) is 17.1 Å². The van der Waals surface area contributed by atoms with Crippen LogP contribution < -0.4 is 5.01 Å². The number of hydrazone groups is 1. The van der Waals surface area contributed by atoms with Crippen LogP contribution in [0.15, 0.2) is 47.6 Å². The van der Waals surface area contributed by atoms with E-state index in [0.717, 1.165) is 30.6 Å². The van der Waals surface area contributed by atoms with Crippen LogP contribution in [0.2, 0.25) is 0 Å². The van der Waals surface area contributed by atoms with Crippen molar-refractivity contribution in [2.75, 3.05) is 11.6 Å². The first-order valence-corrected chi connectivity index (χ1v) is 6.65. The molecule has 0 radical (unpaired) electrons. The van der Waals surface area contributed by atoms with Crippen LogP contribution in [0.5, 0.6) is 11.5 Å². The number of hydrogen-bond acceptors (Lipinski definition) is 4. The fraction of sp³-hybridized carbons (Fsp3) is 0.188. The van der Waals surface area contributed by atoms with Crippen molar-refractivity contribution >= 4 is 11.9 Å². The third-order valence-electron chi connectivity index (χ3n) is 3.43. The fourth-order valence-corrected chi connectivity index (χ4v) is 2.39. The molecular weight excluding hydrogens is 252 g/mol. The molecule has 0 aliphatic carbocycles. The number of anilines is 1. The molecule has 1 aliphatic heterocycles. The van der Waals surface area contributed by atoms with Gasteiger partial charge in [0.1, 0.15) is 0 Å². The molecule has 102 valence electrons. The maximum absolute atomic E-state index is 9.47. The van der Waals surface area contributed by atoms with Gasteiger partial charge in [-0.3, -0.25) is 5.01 Å². The Balaban J connectivity index is 1.84. The zero-order valence-corrected chi connectivity index (χ0v) is 11.0. The van der Waals surface area contributed by atoms with Crippen LogP contribution in [-0.4, -0.2) is 23.0 Å². The normalized spacial score (nSPS) is 14.5. The fourth-order valence-electron chi connectivity index (χ4n) is 2.39. The molecule has 4 nitrogen and oxygen atoms in total. The molecule has 0 unspecified atom stereocenters. The summed E-state index contributed by atoms with van der Waals surface area (Å²) in [5, 5.41) is 25.2. The summed E-state index contributed by atoms with van der Waals surface area (Å²) in [6.45, 7) is 0.886. The topological polar surface area (TPSA) is 56.1 Å². The Morgan fingerprint density at radius 2 is 1.90 bits per heavy atom. The first-order chi connectivity index (χ1) is 9.74. The third kappa shape index (κ3) is 2.45. The van der Waals surface area contributed by atoms with Crippen LogP contribution in [-0.2, 0) is 6.42 Å². The maximum Gasteiger partial charge on any atom is 0.158 e. The van der Waals surface area contributed by atoms with Crippen molar-refractivity contribution in [2.24, 2.45) is 5.10 Å². The first kappa shape index (κ1) is 12.5. The summed E-state index contributed by atoms with van der Waals surface area (Å²) in [7, 11) is 0. The Morgan fingerprint density at radius 1 is 1.05 bits per heavy atom. The van der Waals surface area contributed by atoms with Crippen LogP contribution in [0.3, 0.4) is 0 Å². The molecule has 0 bridgehead atoms. The molecule has 3 rings (SSSR count). The van der Waals surface area contributed by atoms with Crippen molar-refractivity contribution in [3.63, 3.8) is 0 Å². The quantitative estimate of drug-likeness (QED) is 0.650. The molecule has 2 N–H and O–H groups in total. The zero-order chi connectivity index (χ0) is 13.9. The average molecular weight is 268 g/mol. The SMILES string of the molecule is Oc1ccc(C=NN2CCCc3ccccc32)cc1O. The summed E-state index contributed by atoms with van der Waals surface area (Å²) >= 11 is 0. The first-order valence-electron chi connectivity index (χ1n) is 6.65. The van der Waals surface area contributed by atoms with E-state index in [-0.39, 0.29) is 11.5 Å². The molecule has 1 heterocycles. The average Bonchev–Trinajstić information content (AvgIpc) is 2.48. The third-order valence-corrected chi connectivity index (χ3v) is 3.43. The van der Waals surface area contributed by atoms with E-state index >= 15 is 0 Å². The van der Waals surface area contributed by atoms with Crippen LogP contribution in [0, 0.1) is 0 Å². The number of fused-ring (bicyclic) bond motifs is 1. The minimum Gasteiger partial charge on any atom is -0.504 e. The van der Waals surface area contributed by atoms with E-state index in [0.29, 0.717) is 0 Å². The van der Waals surface area contributed by atoms with Gasteiger partial charge in [-0.15, -0.1) is 0 Å². The highest BCUT2D eigenvalue weighted by molar-refractivity contribution is 5.81. The highest BCUT2D eigenvalue weighted by Crippen LogP contribution is 2.27. The van der Waals surface area contributed by atoms with Crippen molar-refractivity contribution in [1.82, 2.24) is 0 Å². The van der Waals surface area contributed by atoms with Gasteiger partial charge in [-0.05, 0) is 48.2 Å². The van der Waals surface area contributed by atoms with Gasteiger partial charge in [0.25, 0.3) is 0 Å². The molecule has 0 atom stereocenters. The summed E-state index contributed by atoms with van der Waals surface area (Å²) in [5.41, 5.74) is 3.20. The lowest BCUT2D eigenvalue weighted by atomic mass is 10.0. The van der Waals surface area contributed by atoms with E-state index in [2.05, 4.69) is 17.2 Å². The molecule has 0 fully saturated rings. The Bertz CT molecular complexity index is 653. The molecule has 0 spiro atoms. The highest BCUT2D eigenvalue weighted by atomic mass is 16.3. The van der Waals surface area contributed by atoms with E-state index in [1.54, 1.807) is 12.3 Å². The van der Waals surface area contributed by atoms with Crippen LogP contribution >= 0.6 is 0 Å². The molecule has 0 amide bonds. The van der Waals surface area contributed by atoms with Gasteiger partial charge in [-0.2, -0.15) is 5.10 Å². The van der Waals surface area contributed by atoms with Crippen molar-refractivity contribution in [3.8, 4) is 11.5 Å². The molecule has 20 heavy (non-hydrogen) atoms. The van der Waals surface area contributed by atoms with E-state index < -0.39 is 0 Å². The van der Waals surface area contributed by atoms with Crippen LogP contribution in [0.4, 0.5) is 5.69 Å². The molecule has 2 aromatic carbocycles. The molecule has 2 aromatic rings. The van der Waals surface area contributed by atoms with Crippen molar-refractivity contribution in [2.45, 2.75) is 12.8 Å². The predicted molar refractivity (Wildman–Crippen MR) is 79.5 cm³/mol. The van der Waals surface area contributed by atoms with Gasteiger partial charge in [0.2, 0.25) is 0 Å². The van der Waals surface area contributed by atoms with E-state index in [4.69, 9.17) is 0 Å². The van der Waals surface area contributed by atoms with E-state index in [9.17, 15) is 10.2 Å². The minimum atomic E-state index is -0.131. The lowest BCUT2D eigenvalue weighted by Crippen LogP contribution is -2.24. The number of para-hydroxylation sites is 1. The lowest BCUT2D eigenvalue weighted by molar-refractivity contribution is 0.403. The second-order valence-electron chi connectivity index (χ2n) is 4.85. The Labute approximate surface area is 117 Å². The zero-order valence-electron chi connectivity index (χ0n) is 11.0. The standard InChI is InChI=1S/C16H16N2O2/c19-15-8-7-12(10-16(15)20)11-17-18-9-3-5-13-4-1-2-6-14(13)18/h1-2,4,6-8,10-11,19-20H,3,5,9H2. The number of aromatic hydroxyl groups is 2. The Morgan fingerprint density at radius 3 is 2.75 bits per heavy atom. The highest BCUT2D eigenvalue weighted by Gasteiger charge is 2.14. The van der Waals surface area contributed by atoms with Crippen molar-refractivity contribution < 1.29 is 10.2 Å². The number of nitrogens with zero attached hydrogens (tertiary/aromatic N) is 2. The van der Waals surface area contributed by atoms with Gasteiger partial charge in [0.05, 0.1) is 11.9 Å². The number of benzene rings is 2. The monoisotopic (exact) mass is 268 g/mol. The summed E-state index contributed by atoms with van der Waals surface area (Å²) in [4.78, 5) is 0. The molecule has 0 saturated heterocycles. The summed E-state index contributed by atoms with van der Waals surface area (Å²) < 4.78 is 0. The van der Waals surface area contributed by atoms with Gasteiger partial charge in [-0.1, -0.05) is 18.2 Å².